The lowest BCUT2D eigenvalue weighted by Crippen LogP contribution is -2.47. The van der Waals surface area contributed by atoms with Crippen LogP contribution in [-0.4, -0.2) is 189 Å². The number of hydrazine groups is 1. The molecular weight excluding hydrogens is 1130 g/mol. The number of piperazine rings is 1. The maximum absolute atomic E-state index is 13.8. The number of hydrogen-bond donors (Lipinski definition) is 5. The Morgan fingerprint density at radius 2 is 1.52 bits per heavy atom. The molecule has 8 rings (SSSR count). The van der Waals surface area contributed by atoms with E-state index in [1.54, 1.807) is 61.8 Å². The molecule has 0 radical (unpaired) electrons. The van der Waals surface area contributed by atoms with Gasteiger partial charge in [-0.1, -0.05) is 12.0 Å². The van der Waals surface area contributed by atoms with E-state index in [4.69, 9.17) is 49.2 Å². The number of aryl methyl sites for hydroxylation is 2. The minimum atomic E-state index is -4.44. The number of nitrogens with zero attached hydrogens (tertiary/aromatic N) is 5. The smallest absolute Gasteiger partial charge is 0.406 e. The van der Waals surface area contributed by atoms with E-state index in [1.807, 2.05) is 32.0 Å². The molecule has 87 heavy (non-hydrogen) atoms. The fourth-order valence-electron chi connectivity index (χ4n) is 10.7. The molecule has 1 amide bonds. The molecule has 470 valence electrons. The molecule has 23 heteroatoms. The van der Waals surface area contributed by atoms with Crippen molar-refractivity contribution in [2.24, 2.45) is 11.6 Å². The molecule has 0 atom stereocenters. The Balaban J connectivity index is 0.645. The lowest BCUT2D eigenvalue weighted by molar-refractivity contribution is -0.140. The molecule has 0 aliphatic carbocycles. The number of anilines is 2. The second kappa shape index (κ2) is 31.8. The van der Waals surface area contributed by atoms with Crippen LogP contribution < -0.4 is 51.9 Å². The van der Waals surface area contributed by atoms with Crippen molar-refractivity contribution in [3.05, 3.63) is 117 Å². The lowest BCUT2D eigenvalue weighted by Gasteiger charge is -2.34. The van der Waals surface area contributed by atoms with Crippen LogP contribution in [-0.2, 0) is 20.8 Å². The lowest BCUT2D eigenvalue weighted by atomic mass is 10.0. The molecule has 0 unspecified atom stereocenters. The average Bonchev–Trinajstić information content (AvgIpc) is 1.98. The van der Waals surface area contributed by atoms with Crippen molar-refractivity contribution in [2.75, 3.05) is 157 Å². The van der Waals surface area contributed by atoms with E-state index in [-0.39, 0.29) is 42.8 Å². The Morgan fingerprint density at radius 1 is 0.816 bits per heavy atom. The first kappa shape index (κ1) is 65.3. The van der Waals surface area contributed by atoms with Gasteiger partial charge in [0.15, 0.2) is 5.43 Å². The summed E-state index contributed by atoms with van der Waals surface area (Å²) in [4.78, 5) is 33.1. The number of amides is 1. The average molecular weight is 1210 g/mol. The highest BCUT2D eigenvalue weighted by molar-refractivity contribution is 5.96. The molecule has 2 fully saturated rings. The van der Waals surface area contributed by atoms with Gasteiger partial charge in [0.1, 0.15) is 46.3 Å². The number of hydrogen-bond acceptors (Lipinski definition) is 18. The molecule has 4 heterocycles. The quantitative estimate of drug-likeness (QED) is 0.0128. The Labute approximate surface area is 506 Å². The summed E-state index contributed by atoms with van der Waals surface area (Å²) < 4.78 is 88.4. The van der Waals surface area contributed by atoms with Gasteiger partial charge in [0.25, 0.3) is 5.91 Å². The van der Waals surface area contributed by atoms with Crippen molar-refractivity contribution >= 4 is 39.2 Å². The first-order chi connectivity index (χ1) is 42.0. The summed E-state index contributed by atoms with van der Waals surface area (Å²) in [5.41, 5.74) is 12.4. The van der Waals surface area contributed by atoms with E-state index in [2.05, 4.69) is 49.5 Å². The molecular formula is C64H83F3N10O10. The topological polar surface area (TPSA) is 218 Å². The maximum atomic E-state index is 13.8. The minimum absolute atomic E-state index is 0.114. The number of rotatable bonds is 30. The normalized spacial score (nSPS) is 14.7. The first-order valence-electron chi connectivity index (χ1n) is 29.4. The Morgan fingerprint density at radius 3 is 2.22 bits per heavy atom. The highest BCUT2D eigenvalue weighted by Crippen LogP contribution is 2.36. The van der Waals surface area contributed by atoms with Gasteiger partial charge in [0.2, 0.25) is 0 Å². The van der Waals surface area contributed by atoms with Gasteiger partial charge in [0.05, 0.1) is 97.6 Å². The minimum Gasteiger partial charge on any atom is -0.496 e. The fraction of sp³-hybridized carbons (Fsp3) is 0.469. The number of piperidine rings is 1. The molecule has 6 aromatic rings. The van der Waals surface area contributed by atoms with Gasteiger partial charge in [-0.05, 0) is 119 Å². The summed E-state index contributed by atoms with van der Waals surface area (Å²) in [5.74, 6) is 14.4. The zero-order valence-electron chi connectivity index (χ0n) is 50.7. The van der Waals surface area contributed by atoms with E-state index in [9.17, 15) is 22.8 Å². The third-order valence-corrected chi connectivity index (χ3v) is 15.2. The Kier molecular flexibility index (Phi) is 23.9. The second-order valence-corrected chi connectivity index (χ2v) is 21.7. The molecule has 2 saturated heterocycles. The summed E-state index contributed by atoms with van der Waals surface area (Å²) in [7, 11) is 6.63. The van der Waals surface area contributed by atoms with Crippen molar-refractivity contribution < 1.29 is 55.5 Å². The number of nitrogens with one attached hydrogen (secondary N) is 3. The third kappa shape index (κ3) is 18.9. The van der Waals surface area contributed by atoms with Crippen LogP contribution in [0, 0.1) is 25.7 Å². The Bertz CT molecular complexity index is 3380. The second-order valence-electron chi connectivity index (χ2n) is 21.7. The number of fused-ring (bicyclic) bond motifs is 2. The molecule has 20 nitrogen and oxygen atoms in total. The summed E-state index contributed by atoms with van der Waals surface area (Å²) in [6, 6.07) is 21.1. The summed E-state index contributed by atoms with van der Waals surface area (Å²) in [6.45, 7) is 13.4. The summed E-state index contributed by atoms with van der Waals surface area (Å²) in [6.07, 6.45) is 0.0790. The zero-order chi connectivity index (χ0) is 61.9. The van der Waals surface area contributed by atoms with E-state index in [1.165, 1.54) is 29.9 Å². The van der Waals surface area contributed by atoms with Crippen LogP contribution in [0.5, 0.6) is 23.0 Å². The number of aromatic nitrogens is 1. The van der Waals surface area contributed by atoms with Crippen molar-refractivity contribution in [1.82, 2.24) is 29.6 Å². The monoisotopic (exact) mass is 1210 g/mol. The number of nitrogens with two attached hydrogens (primary N) is 2. The Hall–Kier alpha value is -7.69. The molecule has 2 aliphatic heterocycles. The van der Waals surface area contributed by atoms with Crippen LogP contribution in [0.3, 0.4) is 0 Å². The van der Waals surface area contributed by atoms with Crippen LogP contribution in [0.1, 0.15) is 46.4 Å². The van der Waals surface area contributed by atoms with E-state index >= 15 is 0 Å². The number of alkyl halides is 3. The van der Waals surface area contributed by atoms with E-state index in [0.717, 1.165) is 93.2 Å². The highest BCUT2D eigenvalue weighted by Gasteiger charge is 2.30. The molecule has 7 N–H and O–H groups in total. The van der Waals surface area contributed by atoms with Crippen molar-refractivity contribution in [2.45, 2.75) is 51.9 Å². The number of carbonyl (C=O) groups is 1. The van der Waals surface area contributed by atoms with Gasteiger partial charge >= 0.3 is 6.18 Å². The first-order valence-corrected chi connectivity index (χ1v) is 29.4. The van der Waals surface area contributed by atoms with E-state index in [0.29, 0.717) is 115 Å². The number of carbonyl (C=O) groups excluding carboxylic acids is 1. The molecule has 0 spiro atoms. The van der Waals surface area contributed by atoms with Crippen molar-refractivity contribution in [1.29, 1.82) is 0 Å². The van der Waals surface area contributed by atoms with Crippen LogP contribution in [0.15, 0.2) is 93.9 Å². The molecule has 2 aromatic heterocycles. The van der Waals surface area contributed by atoms with Crippen LogP contribution in [0.25, 0.3) is 33.2 Å². The van der Waals surface area contributed by atoms with Gasteiger partial charge in [-0.3, -0.25) is 14.5 Å². The number of ether oxygens (including phenoxy) is 7. The van der Waals surface area contributed by atoms with Gasteiger partial charge in [-0.15, -0.1) is 0 Å². The van der Waals surface area contributed by atoms with Crippen molar-refractivity contribution in [3.63, 3.8) is 0 Å². The van der Waals surface area contributed by atoms with Crippen LogP contribution in [0.2, 0.25) is 0 Å². The van der Waals surface area contributed by atoms with Crippen LogP contribution >= 0.6 is 0 Å². The van der Waals surface area contributed by atoms with Gasteiger partial charge < -0.3 is 78.6 Å². The SMILES string of the molecule is COc1cc(OC)c2c(=O)cc(-c3cc(C)c(OCCCN4CCN(C/C(N)=C/N(N)CCOCCOCCOCCNC(=O)c5ccc(NCC#Cc6cc7c(NC8CCN(C)CC8)cccc7n6CC(F)(F)F)c(OC)c5)CC4)c(C)c3)oc2c1. The standard InChI is InChI=1S/C64H83F3N10O10/c1-44-34-47(57-40-56(78)61-59(82-6)38-51(80-4)39-60(61)87-57)35-45(2)62(44)86-27-9-19-74-22-24-75(25-23-74)41-48(68)42-76(69)26-29-84-31-33-85-32-30-83-28-18-71-63(79)46-13-14-54(58(36-46)81-5)70-17-8-10-50-37-52-53(72-49-15-20-73(3)21-16-49)11-7-12-55(52)77(50)43-64(65,66)67/h7,11-14,34-40,42,49,70,72H,9,15-33,41,43,68-69H2,1-6H3,(H,71,79)/b48-42-. The predicted octanol–water partition coefficient (Wildman–Crippen LogP) is 7.43. The molecule has 0 bridgehead atoms. The maximum Gasteiger partial charge on any atom is 0.406 e. The van der Waals surface area contributed by atoms with E-state index < -0.39 is 12.7 Å². The summed E-state index contributed by atoms with van der Waals surface area (Å²) >= 11 is 0. The zero-order valence-corrected chi connectivity index (χ0v) is 50.7. The molecule has 2 aliphatic rings. The largest absolute Gasteiger partial charge is 0.496 e. The van der Waals surface area contributed by atoms with Crippen LogP contribution in [0.4, 0.5) is 24.5 Å². The molecule has 0 saturated carbocycles. The third-order valence-electron chi connectivity index (χ3n) is 15.2. The summed E-state index contributed by atoms with van der Waals surface area (Å²) in [5, 5.41) is 12.2. The van der Waals surface area contributed by atoms with Gasteiger partial charge in [-0.25, -0.2) is 5.84 Å². The van der Waals surface area contributed by atoms with Gasteiger partial charge in [0, 0.05) is 104 Å². The predicted molar refractivity (Wildman–Crippen MR) is 332 cm³/mol. The number of methoxy groups -OCH3 is 3. The van der Waals surface area contributed by atoms with Gasteiger partial charge in [-0.2, -0.15) is 13.2 Å². The highest BCUT2D eigenvalue weighted by atomic mass is 19.4. The number of benzene rings is 4. The fourth-order valence-corrected chi connectivity index (χ4v) is 10.7. The number of likely N-dealkylation sites (tertiary alicyclic amines) is 1. The molecule has 4 aromatic carbocycles. The number of halogens is 3. The van der Waals surface area contributed by atoms with Crippen molar-refractivity contribution in [3.8, 4) is 46.2 Å².